The maximum Gasteiger partial charge on any atom is 0.252 e. The second kappa shape index (κ2) is 4.13. The summed E-state index contributed by atoms with van der Waals surface area (Å²) in [7, 11) is -3.17. The number of aromatic nitrogens is 4. The lowest BCUT2D eigenvalue weighted by molar-refractivity contribution is 0.602. The Labute approximate surface area is 109 Å². The average Bonchev–Trinajstić information content (AvgIpc) is 2.85. The van der Waals surface area contributed by atoms with Crippen LogP contribution in [0.3, 0.4) is 0 Å². The second-order valence-electron chi connectivity index (χ2n) is 4.14. The van der Waals surface area contributed by atoms with Crippen molar-refractivity contribution < 1.29 is 8.42 Å². The lowest BCUT2D eigenvalue weighted by Crippen LogP contribution is -1.96. The molecule has 0 N–H and O–H groups in total. The molecule has 2 heterocycles. The minimum atomic E-state index is -3.17. The van der Waals surface area contributed by atoms with Gasteiger partial charge >= 0.3 is 0 Å². The van der Waals surface area contributed by atoms with Crippen LogP contribution in [0.4, 0.5) is 0 Å². The summed E-state index contributed by atoms with van der Waals surface area (Å²) < 4.78 is 24.3. The summed E-state index contributed by atoms with van der Waals surface area (Å²) in [6.07, 6.45) is 6.09. The summed E-state index contributed by atoms with van der Waals surface area (Å²) in [6, 6.07) is 6.65. The Bertz CT molecular complexity index is 838. The quantitative estimate of drug-likeness (QED) is 0.701. The van der Waals surface area contributed by atoms with E-state index in [0.29, 0.717) is 10.7 Å². The molecule has 0 aliphatic heterocycles. The third kappa shape index (κ3) is 2.19. The summed E-state index contributed by atoms with van der Waals surface area (Å²) in [5.41, 5.74) is 1.72. The monoisotopic (exact) mass is 274 g/mol. The van der Waals surface area contributed by atoms with Crippen LogP contribution < -0.4 is 0 Å². The molecule has 2 aromatic heterocycles. The number of fused-ring (bicyclic) bond motifs is 1. The molecule has 0 aliphatic carbocycles. The van der Waals surface area contributed by atoms with Gasteiger partial charge in [0, 0.05) is 24.2 Å². The van der Waals surface area contributed by atoms with Crippen LogP contribution in [0.15, 0.2) is 47.9 Å². The van der Waals surface area contributed by atoms with Gasteiger partial charge in [-0.05, 0) is 17.7 Å². The van der Waals surface area contributed by atoms with E-state index in [9.17, 15) is 8.42 Å². The molecule has 0 unspecified atom stereocenters. The molecule has 0 amide bonds. The van der Waals surface area contributed by atoms with Crippen LogP contribution in [0.1, 0.15) is 0 Å². The van der Waals surface area contributed by atoms with E-state index in [1.54, 1.807) is 41.2 Å². The smallest absolute Gasteiger partial charge is 0.224 e. The molecular weight excluding hydrogens is 264 g/mol. The van der Waals surface area contributed by atoms with Crippen LogP contribution in [0.5, 0.6) is 0 Å². The van der Waals surface area contributed by atoms with Gasteiger partial charge in [-0.1, -0.05) is 12.1 Å². The van der Waals surface area contributed by atoms with Gasteiger partial charge in [-0.25, -0.2) is 17.9 Å². The summed E-state index contributed by atoms with van der Waals surface area (Å²) >= 11 is 0. The van der Waals surface area contributed by atoms with E-state index in [0.717, 1.165) is 11.1 Å². The first-order valence-corrected chi connectivity index (χ1v) is 7.39. The molecule has 3 rings (SSSR count). The highest BCUT2D eigenvalue weighted by Gasteiger charge is 2.07. The van der Waals surface area contributed by atoms with Gasteiger partial charge in [-0.3, -0.25) is 0 Å². The van der Waals surface area contributed by atoms with E-state index in [4.69, 9.17) is 0 Å². The molecule has 0 saturated carbocycles. The molecule has 96 valence electrons. The Morgan fingerprint density at radius 2 is 1.79 bits per heavy atom. The molecule has 0 fully saturated rings. The van der Waals surface area contributed by atoms with Crippen LogP contribution in [-0.4, -0.2) is 34.3 Å². The average molecular weight is 274 g/mol. The molecule has 0 saturated heterocycles. The topological polar surface area (TPSA) is 77.2 Å². The molecule has 0 aliphatic rings. The number of hydrogen-bond acceptors (Lipinski definition) is 5. The van der Waals surface area contributed by atoms with Crippen LogP contribution in [0.2, 0.25) is 0 Å². The van der Waals surface area contributed by atoms with E-state index in [-0.39, 0.29) is 0 Å². The lowest BCUT2D eigenvalue weighted by Gasteiger charge is -2.03. The molecule has 3 aromatic rings. The summed E-state index contributed by atoms with van der Waals surface area (Å²) in [5.74, 6) is 0.525. The molecule has 1 aromatic carbocycles. The summed E-state index contributed by atoms with van der Waals surface area (Å²) in [4.78, 5) is 8.42. The molecule has 7 heteroatoms. The molecule has 0 spiro atoms. The minimum Gasteiger partial charge on any atom is -0.224 e. The molecule has 19 heavy (non-hydrogen) atoms. The summed E-state index contributed by atoms with van der Waals surface area (Å²) in [5, 5.41) is 4.01. The van der Waals surface area contributed by atoms with Gasteiger partial charge in [0.2, 0.25) is 0 Å². The Kier molecular flexibility index (Phi) is 2.56. The standard InChI is InChI=1S/C12H10N4O2S/c1-19(17,18)11-4-2-9(3-5-11)10-6-13-12-14-8-15-16(12)7-10/h2-8H,1H3. The van der Waals surface area contributed by atoms with Gasteiger partial charge in [-0.2, -0.15) is 10.1 Å². The van der Waals surface area contributed by atoms with Crippen molar-refractivity contribution in [2.45, 2.75) is 4.90 Å². The van der Waals surface area contributed by atoms with Crippen molar-refractivity contribution in [1.29, 1.82) is 0 Å². The Morgan fingerprint density at radius 3 is 2.47 bits per heavy atom. The van der Waals surface area contributed by atoms with Gasteiger partial charge in [0.15, 0.2) is 9.84 Å². The van der Waals surface area contributed by atoms with Gasteiger partial charge in [-0.15, -0.1) is 0 Å². The van der Waals surface area contributed by atoms with E-state index >= 15 is 0 Å². The van der Waals surface area contributed by atoms with Crippen molar-refractivity contribution in [1.82, 2.24) is 19.6 Å². The number of sulfone groups is 1. The first-order chi connectivity index (χ1) is 9.04. The highest BCUT2D eigenvalue weighted by atomic mass is 32.2. The fraction of sp³-hybridized carbons (Fsp3) is 0.0833. The number of benzene rings is 1. The maximum absolute atomic E-state index is 11.4. The molecular formula is C12H10N4O2S. The van der Waals surface area contributed by atoms with Crippen LogP contribution in [0.25, 0.3) is 16.9 Å². The van der Waals surface area contributed by atoms with Crippen molar-refractivity contribution in [2.24, 2.45) is 0 Å². The zero-order valence-corrected chi connectivity index (χ0v) is 10.9. The fourth-order valence-corrected chi connectivity index (χ4v) is 2.39. The third-order valence-electron chi connectivity index (χ3n) is 2.75. The number of nitrogens with zero attached hydrogens (tertiary/aromatic N) is 4. The minimum absolute atomic E-state index is 0.297. The zero-order valence-electron chi connectivity index (χ0n) is 10.1. The predicted molar refractivity (Wildman–Crippen MR) is 69.3 cm³/mol. The molecule has 0 atom stereocenters. The highest BCUT2D eigenvalue weighted by Crippen LogP contribution is 2.20. The van der Waals surface area contributed by atoms with Crippen LogP contribution in [0, 0.1) is 0 Å². The lowest BCUT2D eigenvalue weighted by atomic mass is 10.1. The van der Waals surface area contributed by atoms with Gasteiger partial charge < -0.3 is 0 Å². The van der Waals surface area contributed by atoms with E-state index in [2.05, 4.69) is 15.1 Å². The van der Waals surface area contributed by atoms with Crippen molar-refractivity contribution in [2.75, 3.05) is 6.26 Å². The Hall–Kier alpha value is -2.28. The zero-order chi connectivity index (χ0) is 13.5. The largest absolute Gasteiger partial charge is 0.252 e. The Balaban J connectivity index is 2.06. The predicted octanol–water partition coefficient (Wildman–Crippen LogP) is 1.19. The molecule has 6 nitrogen and oxygen atoms in total. The maximum atomic E-state index is 11.4. The number of rotatable bonds is 2. The normalized spacial score (nSPS) is 11.8. The van der Waals surface area contributed by atoms with E-state index in [1.807, 2.05) is 0 Å². The number of hydrogen-bond donors (Lipinski definition) is 0. The SMILES string of the molecule is CS(=O)(=O)c1ccc(-c2cnc3ncnn3c2)cc1. The van der Waals surface area contributed by atoms with Crippen molar-refractivity contribution in [3.05, 3.63) is 43.0 Å². The van der Waals surface area contributed by atoms with E-state index < -0.39 is 9.84 Å². The fourth-order valence-electron chi connectivity index (χ4n) is 1.76. The van der Waals surface area contributed by atoms with Gasteiger partial charge in [0.1, 0.15) is 6.33 Å². The van der Waals surface area contributed by atoms with Crippen molar-refractivity contribution in [3.8, 4) is 11.1 Å². The first-order valence-electron chi connectivity index (χ1n) is 5.50. The highest BCUT2D eigenvalue weighted by molar-refractivity contribution is 7.90. The molecule has 0 radical (unpaired) electrons. The summed E-state index contributed by atoms with van der Waals surface area (Å²) in [6.45, 7) is 0. The van der Waals surface area contributed by atoms with E-state index in [1.165, 1.54) is 12.6 Å². The first kappa shape index (κ1) is 11.8. The van der Waals surface area contributed by atoms with Crippen molar-refractivity contribution in [3.63, 3.8) is 0 Å². The Morgan fingerprint density at radius 1 is 1.05 bits per heavy atom. The van der Waals surface area contributed by atoms with Gasteiger partial charge in [0.05, 0.1) is 4.90 Å². The van der Waals surface area contributed by atoms with Crippen LogP contribution >= 0.6 is 0 Å². The third-order valence-corrected chi connectivity index (χ3v) is 3.88. The van der Waals surface area contributed by atoms with Crippen molar-refractivity contribution >= 4 is 15.6 Å². The van der Waals surface area contributed by atoms with Gasteiger partial charge in [0.25, 0.3) is 5.78 Å². The molecule has 0 bridgehead atoms. The van der Waals surface area contributed by atoms with Crippen LogP contribution in [-0.2, 0) is 9.84 Å². The second-order valence-corrected chi connectivity index (χ2v) is 6.16.